The molecule has 32 nitrogen and oxygen atoms in total. The molecule has 500 valence electrons. The lowest BCUT2D eigenvalue weighted by molar-refractivity contribution is -0.916. The zero-order chi connectivity index (χ0) is 60.3. The molecule has 10 heterocycles. The summed E-state index contributed by atoms with van der Waals surface area (Å²) in [6.45, 7) is 5.97. The minimum atomic E-state index is -2.85. The Morgan fingerprint density at radius 3 is 1.16 bits per heavy atom. The molecule has 0 radical (unpaired) electrons. The van der Waals surface area contributed by atoms with Crippen LogP contribution in [0.2, 0.25) is 0 Å². The van der Waals surface area contributed by atoms with Crippen molar-refractivity contribution in [3.8, 4) is 23.0 Å². The molecule has 20 N–H and O–H groups in total. The van der Waals surface area contributed by atoms with E-state index in [9.17, 15) is 48.6 Å². The van der Waals surface area contributed by atoms with Crippen LogP contribution in [0.25, 0.3) is 0 Å². The molecule has 0 aromatic heterocycles. The summed E-state index contributed by atoms with van der Waals surface area (Å²) in [5, 5.41) is 71.1. The van der Waals surface area contributed by atoms with E-state index in [4.69, 9.17) is 59.1 Å². The largest absolute Gasteiger partial charge is 0.547 e. The third-order valence-corrected chi connectivity index (χ3v) is 20.5. The van der Waals surface area contributed by atoms with Gasteiger partial charge in [0.15, 0.2) is 23.0 Å². The Morgan fingerprint density at radius 1 is 0.556 bits per heavy atom. The molecule has 8 fully saturated rings. The number of carboxylic acids is 6. The number of hydrogen-bond acceptors (Lipinski definition) is 18. The normalized spacial score (nSPS) is 30.8. The number of anilines is 2. The van der Waals surface area contributed by atoms with Crippen molar-refractivity contribution in [2.75, 3.05) is 77.6 Å². The molecule has 2 saturated carbocycles. The summed E-state index contributed by atoms with van der Waals surface area (Å²) in [7, 11) is 6.74. The SMILES string of the molecule is COc1cc2c(cc1OC)[C@@]13CC[NH+]4CC5=CCO[C@H]6CC(=O)N2[C@H]1[C@H]6[C@H]5C[C@H]43.COc1cc2c(cc1OC)[C@@]13CC[NH+]4CC5=CCO[C@H]6CC(=O)N2[C@H]1[C@H]6[C@H]5C[C@H]43.O.O.O.O.O.O.O=C(O)CC(O)(CC(=O)O)C(=O)[O-].O=C(O)CC(O)(CC(=O)O)C(=O)[O-]. The van der Waals surface area contributed by atoms with Crippen molar-refractivity contribution < 1.29 is 150 Å². The van der Waals surface area contributed by atoms with Crippen LogP contribution in [0.3, 0.4) is 0 Å². The second-order valence-corrected chi connectivity index (χ2v) is 24.2. The molecule has 2 aliphatic carbocycles. The second kappa shape index (κ2) is 26.7. The van der Waals surface area contributed by atoms with Gasteiger partial charge in [-0.05, 0) is 46.2 Å². The molecule has 32 heteroatoms. The van der Waals surface area contributed by atoms with E-state index in [1.165, 1.54) is 37.1 Å². The van der Waals surface area contributed by atoms with E-state index in [-0.39, 0.29) is 79.8 Å². The van der Waals surface area contributed by atoms with E-state index in [0.717, 1.165) is 48.8 Å². The summed E-state index contributed by atoms with van der Waals surface area (Å²) in [4.78, 5) is 95.3. The Morgan fingerprint density at radius 2 is 0.867 bits per heavy atom. The smallest absolute Gasteiger partial charge is 0.306 e. The zero-order valence-corrected chi connectivity index (χ0v) is 49.7. The zero-order valence-electron chi connectivity index (χ0n) is 49.7. The topological polar surface area (TPSA) is 564 Å². The van der Waals surface area contributed by atoms with Crippen molar-refractivity contribution >= 4 is 59.0 Å². The Bertz CT molecular complexity index is 2970. The number of fused-ring (bicyclic) bond motifs is 4. The van der Waals surface area contributed by atoms with Gasteiger partial charge in [-0.1, -0.05) is 12.2 Å². The number of hydrogen-bond donors (Lipinski definition) is 8. The molecule has 4 bridgehead atoms. The molecule has 10 aliphatic heterocycles. The van der Waals surface area contributed by atoms with Gasteiger partial charge in [-0.15, -0.1) is 0 Å². The lowest BCUT2D eigenvalue weighted by Crippen LogP contribution is -3.16. The Labute approximate surface area is 513 Å². The van der Waals surface area contributed by atoms with E-state index >= 15 is 0 Å². The predicted octanol–water partition coefficient (Wildman–Crippen LogP) is -8.73. The number of piperidine rings is 4. The monoisotopic (exact) mass is 1280 g/mol. The number of amides is 2. The molecule has 12 aliphatic rings. The first kappa shape index (κ1) is 73.1. The van der Waals surface area contributed by atoms with Gasteiger partial charge < -0.3 is 131 Å². The van der Waals surface area contributed by atoms with Crippen LogP contribution in [0, 0.1) is 23.7 Å². The summed E-state index contributed by atoms with van der Waals surface area (Å²) in [5.41, 5.74) is 2.22. The summed E-state index contributed by atoms with van der Waals surface area (Å²) in [6.07, 6.45) is 5.61. The predicted molar refractivity (Wildman–Crippen MR) is 302 cm³/mol. The lowest BCUT2D eigenvalue weighted by atomic mass is 9.53. The van der Waals surface area contributed by atoms with Gasteiger partial charge in [0.1, 0.15) is 23.3 Å². The van der Waals surface area contributed by atoms with Crippen molar-refractivity contribution in [2.45, 2.75) is 123 Å². The van der Waals surface area contributed by atoms with Crippen LogP contribution in [-0.4, -0.2) is 227 Å². The van der Waals surface area contributed by atoms with Gasteiger partial charge in [-0.2, -0.15) is 0 Å². The minimum Gasteiger partial charge on any atom is -0.547 e. The molecule has 2 unspecified atom stereocenters. The maximum atomic E-state index is 13.5. The first-order valence-corrected chi connectivity index (χ1v) is 28.1. The number of carbonyl (C=O) groups excluding carboxylic acids is 4. The van der Waals surface area contributed by atoms with Gasteiger partial charge >= 0.3 is 23.9 Å². The van der Waals surface area contributed by atoms with Gasteiger partial charge in [-0.3, -0.25) is 28.8 Å². The van der Waals surface area contributed by atoms with Crippen molar-refractivity contribution in [2.24, 2.45) is 23.7 Å². The number of rotatable bonds is 14. The van der Waals surface area contributed by atoms with E-state index in [2.05, 4.69) is 46.2 Å². The number of methoxy groups -OCH3 is 4. The van der Waals surface area contributed by atoms with E-state index < -0.39 is 72.7 Å². The fraction of sp³-hybridized carbons (Fsp3) is 0.586. The Hall–Kier alpha value is -7.60. The average molecular weight is 1280 g/mol. The molecule has 2 aromatic rings. The van der Waals surface area contributed by atoms with E-state index in [1.54, 1.807) is 49.4 Å². The van der Waals surface area contributed by atoms with Gasteiger partial charge in [0.2, 0.25) is 11.8 Å². The molecular weight excluding hydrogens is 1200 g/mol. The third kappa shape index (κ3) is 11.2. The average Bonchev–Trinajstić information content (AvgIpc) is 1.50. The number of aliphatic carboxylic acids is 6. The summed E-state index contributed by atoms with van der Waals surface area (Å²) < 4.78 is 35.2. The highest BCUT2D eigenvalue weighted by Gasteiger charge is 2.75. The molecule has 14 rings (SSSR count). The second-order valence-electron chi connectivity index (χ2n) is 24.2. The molecule has 2 amide bonds. The van der Waals surface area contributed by atoms with E-state index in [1.807, 2.05) is 0 Å². The molecule has 2 aromatic carbocycles. The van der Waals surface area contributed by atoms with Crippen molar-refractivity contribution in [3.63, 3.8) is 0 Å². The van der Waals surface area contributed by atoms with Crippen LogP contribution in [0.4, 0.5) is 11.4 Å². The lowest BCUT2D eigenvalue weighted by Gasteiger charge is -2.56. The number of carbonyl (C=O) groups is 8. The first-order valence-electron chi connectivity index (χ1n) is 28.1. The van der Waals surface area contributed by atoms with Gasteiger partial charge in [0.05, 0.1) is 165 Å². The standard InChI is InChI=1S/2C23H26N2O4.2C6H8O7.6H2O/c2*1-27-16-8-14-15(9-17(16)28-2)25-20(26)10-18-21-13-7-19-23(14,22(21)25)4-5-24(19)11-12(13)3-6-29-18;2*7-3(8)1-6(13,5(11)12)2-4(9)10;;;;;;/h2*3,8-9,13,18-19,21-22H,4-7,10-11H2,1-2H3;2*13H,1-2H2,(H,7,8)(H,9,10)(H,11,12);6*1H2/t2*13-,18-,19-,21-,22-,23+;;;;;;;;/m00......../s1. The van der Waals surface area contributed by atoms with Crippen LogP contribution < -0.4 is 48.8 Å². The highest BCUT2D eigenvalue weighted by atomic mass is 16.5. The maximum absolute atomic E-state index is 13.5. The highest BCUT2D eigenvalue weighted by Crippen LogP contribution is 2.65. The van der Waals surface area contributed by atoms with Gasteiger partial charge in [-0.25, -0.2) is 0 Å². The number of nitrogens with zero attached hydrogens (tertiary/aromatic N) is 2. The van der Waals surface area contributed by atoms with E-state index in [0.29, 0.717) is 73.3 Å². The van der Waals surface area contributed by atoms with Gasteiger partial charge in [0.25, 0.3) is 0 Å². The summed E-state index contributed by atoms with van der Waals surface area (Å²) in [6, 6.07) is 10.00. The Balaban J connectivity index is 0.000000229. The van der Waals surface area contributed by atoms with Crippen LogP contribution in [0.1, 0.15) is 75.3 Å². The van der Waals surface area contributed by atoms with Crippen molar-refractivity contribution in [1.82, 2.24) is 0 Å². The number of carboxylic acid groups (broad SMARTS) is 6. The molecule has 14 atom stereocenters. The number of aliphatic hydroxyl groups is 2. The summed E-state index contributed by atoms with van der Waals surface area (Å²) in [5.74, 6) is -5.43. The third-order valence-electron chi connectivity index (χ3n) is 20.5. The molecule has 6 saturated heterocycles. The van der Waals surface area contributed by atoms with Crippen LogP contribution in [-0.2, 0) is 58.7 Å². The van der Waals surface area contributed by atoms with Crippen LogP contribution in [0.15, 0.2) is 47.6 Å². The molecule has 2 spiro atoms. The van der Waals surface area contributed by atoms with Crippen molar-refractivity contribution in [3.05, 3.63) is 58.7 Å². The fourth-order valence-corrected chi connectivity index (χ4v) is 17.6. The minimum absolute atomic E-state index is 0. The van der Waals surface area contributed by atoms with Gasteiger partial charge in [0, 0.05) is 49.7 Å². The first-order chi connectivity index (χ1) is 39.9. The maximum Gasteiger partial charge on any atom is 0.306 e. The Kier molecular flexibility index (Phi) is 21.7. The quantitative estimate of drug-likeness (QED) is 0.0814. The number of benzene rings is 2. The molecule has 90 heavy (non-hydrogen) atoms. The summed E-state index contributed by atoms with van der Waals surface area (Å²) >= 11 is 0. The number of ether oxygens (including phenoxy) is 6. The highest BCUT2D eigenvalue weighted by molar-refractivity contribution is 6.01. The number of quaternary nitrogens is 2. The molecular formula is C58H80N4O28. The van der Waals surface area contributed by atoms with Crippen molar-refractivity contribution in [1.29, 1.82) is 0 Å². The number of nitrogens with one attached hydrogen (secondary N) is 2. The van der Waals surface area contributed by atoms with Crippen LogP contribution in [0.5, 0.6) is 23.0 Å². The van der Waals surface area contributed by atoms with Crippen LogP contribution >= 0.6 is 0 Å². The fourth-order valence-electron chi connectivity index (χ4n) is 17.6.